The van der Waals surface area contributed by atoms with E-state index in [-0.39, 0.29) is 5.78 Å². The molecule has 0 unspecified atom stereocenters. The molecule has 0 spiro atoms. The number of ketones is 1. The van der Waals surface area contributed by atoms with E-state index >= 15 is 0 Å². The summed E-state index contributed by atoms with van der Waals surface area (Å²) >= 11 is 5.89. The van der Waals surface area contributed by atoms with Gasteiger partial charge in [0.15, 0.2) is 5.78 Å². The van der Waals surface area contributed by atoms with Crippen molar-refractivity contribution in [3.8, 4) is 0 Å². The predicted octanol–water partition coefficient (Wildman–Crippen LogP) is 2.39. The van der Waals surface area contributed by atoms with Crippen molar-refractivity contribution in [2.24, 2.45) is 0 Å². The van der Waals surface area contributed by atoms with E-state index in [1.165, 1.54) is 0 Å². The normalized spacial score (nSPS) is 16.9. The molecule has 0 radical (unpaired) electrons. The van der Waals surface area contributed by atoms with Crippen LogP contribution in [0, 0.1) is 0 Å². The van der Waals surface area contributed by atoms with E-state index in [2.05, 4.69) is 5.32 Å². The van der Waals surface area contributed by atoms with Gasteiger partial charge in [-0.2, -0.15) is 0 Å². The van der Waals surface area contributed by atoms with Crippen molar-refractivity contribution in [2.45, 2.75) is 0 Å². The zero-order valence-corrected chi connectivity index (χ0v) is 10.0. The van der Waals surface area contributed by atoms with Gasteiger partial charge in [-0.1, -0.05) is 11.6 Å². The minimum atomic E-state index is 0.0463. The van der Waals surface area contributed by atoms with Gasteiger partial charge in [0.1, 0.15) is 0 Å². The maximum absolute atomic E-state index is 12.1. The standard InChI is InChI=1S/C12H13ClN2O/c1-15(2)7-8-6-14-11-4-3-9(13)5-10(11)12(8)16/h3-5,7,14H,6H2,1-2H3. The molecule has 1 heterocycles. The molecule has 4 heteroatoms. The molecule has 3 nitrogen and oxygen atoms in total. The molecule has 0 saturated carbocycles. The van der Waals surface area contributed by atoms with E-state index in [1.54, 1.807) is 12.1 Å². The van der Waals surface area contributed by atoms with Crippen molar-refractivity contribution >= 4 is 23.1 Å². The molecule has 1 aliphatic rings. The Bertz CT molecular complexity index is 466. The number of hydrogen-bond acceptors (Lipinski definition) is 3. The first kappa shape index (κ1) is 11.0. The summed E-state index contributed by atoms with van der Waals surface area (Å²) in [5.74, 6) is 0.0463. The van der Waals surface area contributed by atoms with Crippen LogP contribution in [0.15, 0.2) is 30.0 Å². The SMILES string of the molecule is CN(C)C=C1CNc2ccc(Cl)cc2C1=O. The van der Waals surface area contributed by atoms with E-state index < -0.39 is 0 Å². The summed E-state index contributed by atoms with van der Waals surface area (Å²) in [6.07, 6.45) is 1.83. The number of rotatable bonds is 1. The van der Waals surface area contributed by atoms with Crippen LogP contribution in [0.25, 0.3) is 0 Å². The van der Waals surface area contributed by atoms with Gasteiger partial charge in [-0.05, 0) is 18.2 Å². The van der Waals surface area contributed by atoms with E-state index in [9.17, 15) is 4.79 Å². The Labute approximate surface area is 99.7 Å². The highest BCUT2D eigenvalue weighted by Crippen LogP contribution is 2.27. The van der Waals surface area contributed by atoms with Crippen molar-refractivity contribution in [2.75, 3.05) is 26.0 Å². The first-order chi connectivity index (χ1) is 7.58. The highest BCUT2D eigenvalue weighted by molar-refractivity contribution is 6.31. The Hall–Kier alpha value is -1.48. The fourth-order valence-corrected chi connectivity index (χ4v) is 1.89. The summed E-state index contributed by atoms with van der Waals surface area (Å²) in [6, 6.07) is 5.32. The number of fused-ring (bicyclic) bond motifs is 1. The predicted molar refractivity (Wildman–Crippen MR) is 66.0 cm³/mol. The van der Waals surface area contributed by atoms with Crippen molar-refractivity contribution in [1.82, 2.24) is 4.90 Å². The Kier molecular flexibility index (Phi) is 2.88. The quantitative estimate of drug-likeness (QED) is 0.760. The topological polar surface area (TPSA) is 32.3 Å². The van der Waals surface area contributed by atoms with Crippen molar-refractivity contribution in [1.29, 1.82) is 0 Å². The van der Waals surface area contributed by atoms with Crippen LogP contribution in [0.3, 0.4) is 0 Å². The lowest BCUT2D eigenvalue weighted by Crippen LogP contribution is -2.23. The van der Waals surface area contributed by atoms with Gasteiger partial charge in [0.05, 0.1) is 0 Å². The summed E-state index contributed by atoms with van der Waals surface area (Å²) < 4.78 is 0. The third kappa shape index (κ3) is 2.04. The molecule has 0 bridgehead atoms. The maximum atomic E-state index is 12.1. The van der Waals surface area contributed by atoms with Gasteiger partial charge in [-0.3, -0.25) is 4.79 Å². The zero-order valence-electron chi connectivity index (χ0n) is 9.25. The molecule has 0 aliphatic carbocycles. The third-order valence-electron chi connectivity index (χ3n) is 2.40. The third-order valence-corrected chi connectivity index (χ3v) is 2.64. The summed E-state index contributed by atoms with van der Waals surface area (Å²) in [7, 11) is 3.79. The van der Waals surface area contributed by atoms with Crippen molar-refractivity contribution in [3.63, 3.8) is 0 Å². The molecule has 0 amide bonds. The lowest BCUT2D eigenvalue weighted by molar-refractivity contribution is 0.103. The zero-order chi connectivity index (χ0) is 11.7. The molecule has 1 N–H and O–H groups in total. The van der Waals surface area contributed by atoms with E-state index in [1.807, 2.05) is 31.3 Å². The number of hydrogen-bond donors (Lipinski definition) is 1. The molecule has 0 fully saturated rings. The molecular weight excluding hydrogens is 224 g/mol. The molecule has 2 rings (SSSR count). The van der Waals surface area contributed by atoms with Crippen molar-refractivity contribution in [3.05, 3.63) is 40.6 Å². The molecule has 1 aromatic carbocycles. The van der Waals surface area contributed by atoms with Gasteiger partial charge in [-0.15, -0.1) is 0 Å². The van der Waals surface area contributed by atoms with Crippen LogP contribution in [0.2, 0.25) is 5.02 Å². The number of benzene rings is 1. The van der Waals surface area contributed by atoms with Gasteiger partial charge in [0, 0.05) is 48.7 Å². The summed E-state index contributed by atoms with van der Waals surface area (Å²) in [5, 5.41) is 3.78. The maximum Gasteiger partial charge on any atom is 0.194 e. The first-order valence-electron chi connectivity index (χ1n) is 5.03. The second-order valence-electron chi connectivity index (χ2n) is 3.99. The Balaban J connectivity index is 2.42. The van der Waals surface area contributed by atoms with E-state index in [0.717, 1.165) is 11.3 Å². The highest BCUT2D eigenvalue weighted by atomic mass is 35.5. The summed E-state index contributed by atoms with van der Waals surface area (Å²) in [4.78, 5) is 14.0. The fourth-order valence-electron chi connectivity index (χ4n) is 1.72. The lowest BCUT2D eigenvalue weighted by Gasteiger charge is -2.20. The second kappa shape index (κ2) is 4.18. The van der Waals surface area contributed by atoms with Gasteiger partial charge in [0.2, 0.25) is 0 Å². The van der Waals surface area contributed by atoms with Crippen LogP contribution in [0.5, 0.6) is 0 Å². The lowest BCUT2D eigenvalue weighted by atomic mass is 9.98. The molecule has 0 aromatic heterocycles. The highest BCUT2D eigenvalue weighted by Gasteiger charge is 2.21. The Morgan fingerprint density at radius 2 is 2.19 bits per heavy atom. The second-order valence-corrected chi connectivity index (χ2v) is 4.43. The van der Waals surface area contributed by atoms with Crippen LogP contribution in [-0.4, -0.2) is 31.3 Å². The van der Waals surface area contributed by atoms with E-state index in [4.69, 9.17) is 11.6 Å². The molecule has 16 heavy (non-hydrogen) atoms. The monoisotopic (exact) mass is 236 g/mol. The number of carbonyl (C=O) groups excluding carboxylic acids is 1. The largest absolute Gasteiger partial charge is 0.383 e. The smallest absolute Gasteiger partial charge is 0.194 e. The number of anilines is 1. The number of halogens is 1. The van der Waals surface area contributed by atoms with Crippen molar-refractivity contribution < 1.29 is 4.79 Å². The number of carbonyl (C=O) groups is 1. The minimum Gasteiger partial charge on any atom is -0.383 e. The molecule has 1 aromatic rings. The van der Waals surface area contributed by atoms with Crippen LogP contribution < -0.4 is 5.32 Å². The fraction of sp³-hybridized carbons (Fsp3) is 0.250. The van der Waals surface area contributed by atoms with Gasteiger partial charge in [-0.25, -0.2) is 0 Å². The minimum absolute atomic E-state index is 0.0463. The van der Waals surface area contributed by atoms with Gasteiger partial charge in [0.25, 0.3) is 0 Å². The molecular formula is C12H13ClN2O. The number of nitrogens with one attached hydrogen (secondary N) is 1. The Morgan fingerprint density at radius 1 is 1.44 bits per heavy atom. The van der Waals surface area contributed by atoms with Crippen LogP contribution in [-0.2, 0) is 0 Å². The first-order valence-corrected chi connectivity index (χ1v) is 5.41. The number of nitrogens with zero attached hydrogens (tertiary/aromatic N) is 1. The average Bonchev–Trinajstić information content (AvgIpc) is 2.22. The molecule has 1 aliphatic heterocycles. The van der Waals surface area contributed by atoms with Crippen LogP contribution >= 0.6 is 11.6 Å². The van der Waals surface area contributed by atoms with Crippen LogP contribution in [0.4, 0.5) is 5.69 Å². The van der Waals surface area contributed by atoms with E-state index in [0.29, 0.717) is 17.1 Å². The summed E-state index contributed by atoms with van der Waals surface area (Å²) in [5.41, 5.74) is 2.25. The van der Waals surface area contributed by atoms with Crippen LogP contribution in [0.1, 0.15) is 10.4 Å². The average molecular weight is 237 g/mol. The summed E-state index contributed by atoms with van der Waals surface area (Å²) in [6.45, 7) is 0.561. The molecule has 0 saturated heterocycles. The van der Waals surface area contributed by atoms with Gasteiger partial charge < -0.3 is 10.2 Å². The molecule has 0 atom stereocenters. The molecule has 84 valence electrons. The Morgan fingerprint density at radius 3 is 2.88 bits per heavy atom. The van der Waals surface area contributed by atoms with Gasteiger partial charge >= 0.3 is 0 Å². The number of Topliss-reactive ketones (excluding diaryl/α,β-unsaturated/α-hetero) is 1.